The van der Waals surface area contributed by atoms with Gasteiger partial charge in [-0.15, -0.1) is 5.10 Å². The smallest absolute Gasteiger partial charge is 0.336 e. The number of rotatable bonds is 6. The minimum atomic E-state index is -0.254. The van der Waals surface area contributed by atoms with Crippen molar-refractivity contribution in [2.75, 3.05) is 26.1 Å². The highest BCUT2D eigenvalue weighted by molar-refractivity contribution is 6.42. The van der Waals surface area contributed by atoms with Crippen molar-refractivity contribution in [3.05, 3.63) is 52.5 Å². The van der Waals surface area contributed by atoms with Gasteiger partial charge in [-0.2, -0.15) is 4.98 Å². The number of aromatic nitrogens is 3. The first-order chi connectivity index (χ1) is 13.0. The number of hydrogen-bond acceptors (Lipinski definition) is 5. The van der Waals surface area contributed by atoms with Crippen LogP contribution in [0.25, 0.3) is 17.1 Å². The Kier molecular flexibility index (Phi) is 5.95. The van der Waals surface area contributed by atoms with Gasteiger partial charge in [-0.1, -0.05) is 29.3 Å². The summed E-state index contributed by atoms with van der Waals surface area (Å²) in [6, 6.07) is 12.5. The number of hydrogen-bond donors (Lipinski definition) is 1. The van der Waals surface area contributed by atoms with Gasteiger partial charge in [0, 0.05) is 18.4 Å². The number of carbonyl (C=O) groups excluding carboxylic acids is 1. The zero-order valence-electron chi connectivity index (χ0n) is 14.6. The lowest BCUT2D eigenvalue weighted by Crippen LogP contribution is -2.17. The molecular weight excluding hydrogens is 391 g/mol. The molecule has 0 aliphatic heterocycles. The van der Waals surface area contributed by atoms with Crippen molar-refractivity contribution in [1.82, 2.24) is 14.8 Å². The van der Waals surface area contributed by atoms with Crippen molar-refractivity contribution in [3.8, 4) is 23.1 Å². The third kappa shape index (κ3) is 4.39. The fourth-order valence-electron chi connectivity index (χ4n) is 2.43. The summed E-state index contributed by atoms with van der Waals surface area (Å²) in [6.45, 7) is -0.0318. The molecule has 3 aromatic rings. The highest BCUT2D eigenvalue weighted by atomic mass is 35.5. The summed E-state index contributed by atoms with van der Waals surface area (Å²) >= 11 is 12.1. The Morgan fingerprint density at radius 2 is 1.96 bits per heavy atom. The molecule has 1 N–H and O–H groups in total. The molecule has 0 radical (unpaired) electrons. The van der Waals surface area contributed by atoms with Gasteiger partial charge < -0.3 is 14.8 Å². The van der Waals surface area contributed by atoms with Crippen molar-refractivity contribution < 1.29 is 14.3 Å². The lowest BCUT2D eigenvalue weighted by atomic mass is 10.2. The maximum atomic E-state index is 11.8. The van der Waals surface area contributed by atoms with Crippen LogP contribution in [0.15, 0.2) is 42.5 Å². The first-order valence-corrected chi connectivity index (χ1v) is 8.63. The summed E-state index contributed by atoms with van der Waals surface area (Å²) in [6.07, 6.45) is 0. The minimum Gasteiger partial charge on any atom is -0.466 e. The molecule has 0 fully saturated rings. The second-order valence-corrected chi connectivity index (χ2v) is 6.31. The molecule has 140 valence electrons. The van der Waals surface area contributed by atoms with E-state index in [0.29, 0.717) is 32.8 Å². The highest BCUT2D eigenvalue weighted by Crippen LogP contribution is 2.30. The van der Waals surface area contributed by atoms with E-state index in [0.717, 1.165) is 0 Å². The standard InChI is InChI=1S/C18H16Cl2N4O3/c1-26-10-16(25)21-12-4-3-5-13(9-12)24-17(22-18(23-24)27-2)11-6-7-14(19)15(20)8-11/h3-9H,10H2,1-2H3,(H,21,25). The van der Waals surface area contributed by atoms with E-state index in [2.05, 4.69) is 15.4 Å². The quantitative estimate of drug-likeness (QED) is 0.672. The number of amides is 1. The largest absolute Gasteiger partial charge is 0.466 e. The topological polar surface area (TPSA) is 78.3 Å². The molecule has 0 unspecified atom stereocenters. The van der Waals surface area contributed by atoms with E-state index in [-0.39, 0.29) is 18.5 Å². The average Bonchev–Trinajstić information content (AvgIpc) is 3.09. The number of nitrogens with one attached hydrogen (secondary N) is 1. The molecule has 1 amide bonds. The summed E-state index contributed by atoms with van der Waals surface area (Å²) in [5.74, 6) is 0.265. The van der Waals surface area contributed by atoms with Gasteiger partial charge in [0.05, 0.1) is 22.8 Å². The van der Waals surface area contributed by atoms with E-state index >= 15 is 0 Å². The Balaban J connectivity index is 2.02. The minimum absolute atomic E-state index is 0.0318. The van der Waals surface area contributed by atoms with Gasteiger partial charge in [0.15, 0.2) is 5.82 Å². The van der Waals surface area contributed by atoms with Gasteiger partial charge in [0.1, 0.15) is 6.61 Å². The Bertz CT molecular complexity index is 975. The molecule has 9 heteroatoms. The van der Waals surface area contributed by atoms with Crippen molar-refractivity contribution in [1.29, 1.82) is 0 Å². The summed E-state index contributed by atoms with van der Waals surface area (Å²) in [7, 11) is 2.95. The lowest BCUT2D eigenvalue weighted by Gasteiger charge is -2.09. The van der Waals surface area contributed by atoms with Gasteiger partial charge in [0.2, 0.25) is 5.91 Å². The fourth-order valence-corrected chi connectivity index (χ4v) is 2.72. The predicted molar refractivity (Wildman–Crippen MR) is 104 cm³/mol. The molecular formula is C18H16Cl2N4O3. The van der Waals surface area contributed by atoms with E-state index in [1.165, 1.54) is 14.2 Å². The highest BCUT2D eigenvalue weighted by Gasteiger charge is 2.16. The lowest BCUT2D eigenvalue weighted by molar-refractivity contribution is -0.119. The van der Waals surface area contributed by atoms with E-state index in [4.69, 9.17) is 32.7 Å². The molecule has 1 aromatic heterocycles. The number of benzene rings is 2. The normalized spacial score (nSPS) is 10.7. The van der Waals surface area contributed by atoms with Crippen LogP contribution in [0.4, 0.5) is 5.69 Å². The van der Waals surface area contributed by atoms with E-state index in [9.17, 15) is 4.79 Å². The summed E-state index contributed by atoms with van der Waals surface area (Å²) in [4.78, 5) is 16.1. The Morgan fingerprint density at radius 1 is 1.15 bits per heavy atom. The molecule has 0 bridgehead atoms. The molecule has 0 saturated carbocycles. The SMILES string of the molecule is COCC(=O)Nc1cccc(-n2nc(OC)nc2-c2ccc(Cl)c(Cl)c2)c1. The summed E-state index contributed by atoms with van der Waals surface area (Å²) < 4.78 is 11.6. The molecule has 27 heavy (non-hydrogen) atoms. The van der Waals surface area contributed by atoms with Gasteiger partial charge in [0.25, 0.3) is 0 Å². The summed E-state index contributed by atoms with van der Waals surface area (Å²) in [5.41, 5.74) is 2.00. The second-order valence-electron chi connectivity index (χ2n) is 5.49. The number of methoxy groups -OCH3 is 2. The van der Waals surface area contributed by atoms with Gasteiger partial charge in [-0.05, 0) is 36.4 Å². The predicted octanol–water partition coefficient (Wildman–Crippen LogP) is 3.83. The second kappa shape index (κ2) is 8.39. The Morgan fingerprint density at radius 3 is 2.67 bits per heavy atom. The van der Waals surface area contributed by atoms with Crippen LogP contribution in [0.5, 0.6) is 6.01 Å². The van der Waals surface area contributed by atoms with Crippen molar-refractivity contribution in [3.63, 3.8) is 0 Å². The maximum absolute atomic E-state index is 11.8. The number of ether oxygens (including phenoxy) is 2. The number of nitrogens with zero attached hydrogens (tertiary/aromatic N) is 3. The van der Waals surface area contributed by atoms with Gasteiger partial charge >= 0.3 is 6.01 Å². The molecule has 0 aliphatic carbocycles. The first-order valence-electron chi connectivity index (χ1n) is 7.87. The third-order valence-corrected chi connectivity index (χ3v) is 4.34. The zero-order valence-corrected chi connectivity index (χ0v) is 16.1. The molecule has 0 saturated heterocycles. The Labute approximate surface area is 165 Å². The average molecular weight is 407 g/mol. The molecule has 7 nitrogen and oxygen atoms in total. The van der Waals surface area contributed by atoms with Crippen LogP contribution in [0.2, 0.25) is 10.0 Å². The molecule has 0 atom stereocenters. The Hall–Kier alpha value is -2.61. The van der Waals surface area contributed by atoms with Crippen molar-refractivity contribution in [2.24, 2.45) is 0 Å². The van der Waals surface area contributed by atoms with Crippen molar-refractivity contribution >= 4 is 34.8 Å². The van der Waals surface area contributed by atoms with E-state index < -0.39 is 0 Å². The van der Waals surface area contributed by atoms with Crippen LogP contribution >= 0.6 is 23.2 Å². The fraction of sp³-hybridized carbons (Fsp3) is 0.167. The van der Waals surface area contributed by atoms with Crippen molar-refractivity contribution in [2.45, 2.75) is 0 Å². The van der Waals surface area contributed by atoms with Gasteiger partial charge in [-0.3, -0.25) is 4.79 Å². The summed E-state index contributed by atoms with van der Waals surface area (Å²) in [5, 5.41) is 7.96. The van der Waals surface area contributed by atoms with E-state index in [1.54, 1.807) is 41.1 Å². The maximum Gasteiger partial charge on any atom is 0.336 e. The van der Waals surface area contributed by atoms with E-state index in [1.807, 2.05) is 6.07 Å². The molecule has 0 aliphatic rings. The van der Waals surface area contributed by atoms with Crippen LogP contribution in [-0.2, 0) is 9.53 Å². The van der Waals surface area contributed by atoms with Crippen LogP contribution in [0, 0.1) is 0 Å². The molecule has 3 rings (SSSR count). The van der Waals surface area contributed by atoms with Crippen LogP contribution < -0.4 is 10.1 Å². The van der Waals surface area contributed by atoms with Crippen LogP contribution in [-0.4, -0.2) is 41.5 Å². The van der Waals surface area contributed by atoms with Gasteiger partial charge in [-0.25, -0.2) is 4.68 Å². The molecule has 0 spiro atoms. The van der Waals surface area contributed by atoms with Crippen LogP contribution in [0.1, 0.15) is 0 Å². The number of anilines is 1. The zero-order chi connectivity index (χ0) is 19.4. The monoisotopic (exact) mass is 406 g/mol. The third-order valence-electron chi connectivity index (χ3n) is 3.60. The molecule has 2 aromatic carbocycles. The number of carbonyl (C=O) groups is 1. The van der Waals surface area contributed by atoms with Crippen LogP contribution in [0.3, 0.4) is 0 Å². The molecule has 1 heterocycles. The number of halogens is 2. The first kappa shape index (κ1) is 19.2.